The third-order valence-corrected chi connectivity index (χ3v) is 5.45. The minimum absolute atomic E-state index is 0.211. The highest BCUT2D eigenvalue weighted by Gasteiger charge is 2.33. The Morgan fingerprint density at radius 2 is 1.97 bits per heavy atom. The Kier molecular flexibility index (Phi) is 6.18. The van der Waals surface area contributed by atoms with Gasteiger partial charge in [0.25, 0.3) is 0 Å². The second-order valence-corrected chi connectivity index (χ2v) is 9.57. The van der Waals surface area contributed by atoms with Crippen LogP contribution in [0.1, 0.15) is 36.7 Å². The number of aromatic nitrogens is 3. The van der Waals surface area contributed by atoms with Gasteiger partial charge in [0.2, 0.25) is 5.78 Å². The lowest BCUT2D eigenvalue weighted by atomic mass is 9.87. The lowest BCUT2D eigenvalue weighted by molar-refractivity contribution is -0.605. The van der Waals surface area contributed by atoms with Crippen LogP contribution in [0.4, 0.5) is 10.5 Å². The number of rotatable bonds is 7. The van der Waals surface area contributed by atoms with Crippen LogP contribution in [0.5, 0.6) is 0 Å². The van der Waals surface area contributed by atoms with Crippen molar-refractivity contribution in [2.45, 2.75) is 32.9 Å². The summed E-state index contributed by atoms with van der Waals surface area (Å²) in [6.45, 7) is 7.57. The van der Waals surface area contributed by atoms with Crippen molar-refractivity contribution in [2.75, 3.05) is 39.0 Å². The summed E-state index contributed by atoms with van der Waals surface area (Å²) in [5.41, 5.74) is 3.02. The number of hydrogen-bond acceptors (Lipinski definition) is 7. The average molecular weight is 467 g/mol. The fourth-order valence-corrected chi connectivity index (χ4v) is 4.01. The summed E-state index contributed by atoms with van der Waals surface area (Å²) in [5.74, 6) is -0.211. The molecule has 180 valence electrons. The summed E-state index contributed by atoms with van der Waals surface area (Å²) < 4.78 is 7.69. The summed E-state index contributed by atoms with van der Waals surface area (Å²) in [6, 6.07) is 5.42. The molecule has 1 amide bonds. The van der Waals surface area contributed by atoms with E-state index in [0.717, 1.165) is 17.4 Å². The maximum absolute atomic E-state index is 13.5. The Hall–Kier alpha value is -3.66. The standard InChI is InChI=1S/C24H30N6O4/c1-24(2,3)34-23(32)26-10-13-30-18-7-6-17(25-9-12-28(4)5)19-20(18)21(27-30)15-8-11-29(33)14-16(15)22(19)31/h6-8,11,14,25H,9-10,12-13H2,1-5H3,(H,26,32). The third-order valence-electron chi connectivity index (χ3n) is 5.45. The number of ether oxygens (including phenoxy) is 1. The molecule has 1 aliphatic rings. The average Bonchev–Trinajstić information content (AvgIpc) is 3.10. The number of anilines is 1. The van der Waals surface area contributed by atoms with Crippen LogP contribution < -0.4 is 15.4 Å². The van der Waals surface area contributed by atoms with Gasteiger partial charge < -0.3 is 25.5 Å². The fraction of sp³-hybridized carbons (Fsp3) is 0.417. The molecule has 0 atom stereocenters. The molecule has 2 heterocycles. The molecule has 0 fully saturated rings. The number of nitrogens with zero attached hydrogens (tertiary/aromatic N) is 4. The number of likely N-dealkylation sites (N-methyl/N-ethyl adjacent to an activating group) is 1. The Morgan fingerprint density at radius 1 is 1.21 bits per heavy atom. The molecule has 0 saturated carbocycles. The predicted octanol–water partition coefficient (Wildman–Crippen LogP) is 2.38. The van der Waals surface area contributed by atoms with Crippen molar-refractivity contribution in [1.82, 2.24) is 20.0 Å². The Bertz CT molecular complexity index is 1260. The van der Waals surface area contributed by atoms with E-state index in [1.54, 1.807) is 31.5 Å². The molecule has 4 rings (SSSR count). The van der Waals surface area contributed by atoms with Gasteiger partial charge in [0.15, 0.2) is 12.4 Å². The molecule has 0 aliphatic heterocycles. The maximum Gasteiger partial charge on any atom is 0.407 e. The number of hydrogen-bond donors (Lipinski definition) is 2. The maximum atomic E-state index is 13.5. The van der Waals surface area contributed by atoms with Crippen molar-refractivity contribution in [3.8, 4) is 11.3 Å². The first kappa shape index (κ1) is 23.5. The van der Waals surface area contributed by atoms with Crippen molar-refractivity contribution in [3.05, 3.63) is 46.9 Å². The van der Waals surface area contributed by atoms with Gasteiger partial charge in [-0.15, -0.1) is 0 Å². The smallest absolute Gasteiger partial charge is 0.407 e. The summed E-state index contributed by atoms with van der Waals surface area (Å²) in [6.07, 6.45) is 2.17. The third kappa shape index (κ3) is 4.67. The molecule has 3 aromatic rings. The normalized spacial score (nSPS) is 12.7. The number of carbonyl (C=O) groups is 2. The molecule has 2 N–H and O–H groups in total. The van der Waals surface area contributed by atoms with E-state index in [0.29, 0.717) is 52.4 Å². The number of ketones is 1. The van der Waals surface area contributed by atoms with Gasteiger partial charge in [0.05, 0.1) is 23.2 Å². The lowest BCUT2D eigenvalue weighted by Crippen LogP contribution is -2.34. The lowest BCUT2D eigenvalue weighted by Gasteiger charge is -2.19. The first-order valence-electron chi connectivity index (χ1n) is 11.2. The second kappa shape index (κ2) is 8.94. The van der Waals surface area contributed by atoms with E-state index in [4.69, 9.17) is 9.84 Å². The van der Waals surface area contributed by atoms with Gasteiger partial charge >= 0.3 is 6.09 Å². The Morgan fingerprint density at radius 3 is 2.68 bits per heavy atom. The minimum atomic E-state index is -0.582. The van der Waals surface area contributed by atoms with Crippen LogP contribution in [-0.2, 0) is 11.3 Å². The molecule has 0 bridgehead atoms. The predicted molar refractivity (Wildman–Crippen MR) is 129 cm³/mol. The number of fused-ring (bicyclic) bond motifs is 2. The molecule has 2 aromatic heterocycles. The van der Waals surface area contributed by atoms with Gasteiger partial charge in [0, 0.05) is 42.3 Å². The monoisotopic (exact) mass is 466 g/mol. The molecule has 1 aliphatic carbocycles. The first-order chi connectivity index (χ1) is 16.0. The SMILES string of the molecule is CN(C)CCNc1ccc2c3c(nn2CCNC(=O)OC(C)(C)C)-c2cc[n+]([O-])cc2C(=O)c13. The number of benzene rings is 1. The molecule has 1 aromatic carbocycles. The molecule has 0 unspecified atom stereocenters. The van der Waals surface area contributed by atoms with Crippen LogP contribution in [-0.4, -0.2) is 65.9 Å². The van der Waals surface area contributed by atoms with Gasteiger partial charge in [-0.25, -0.2) is 4.79 Å². The molecule has 34 heavy (non-hydrogen) atoms. The zero-order valence-electron chi connectivity index (χ0n) is 20.1. The van der Waals surface area contributed by atoms with Crippen LogP contribution in [0.15, 0.2) is 30.6 Å². The highest BCUT2D eigenvalue weighted by atomic mass is 16.6. The summed E-state index contributed by atoms with van der Waals surface area (Å²) in [4.78, 5) is 27.6. The zero-order valence-corrected chi connectivity index (χ0v) is 20.1. The fourth-order valence-electron chi connectivity index (χ4n) is 4.01. The zero-order chi connectivity index (χ0) is 24.6. The number of nitrogens with one attached hydrogen (secondary N) is 2. The van der Waals surface area contributed by atoms with Crippen molar-refractivity contribution in [3.63, 3.8) is 0 Å². The summed E-state index contributed by atoms with van der Waals surface area (Å²) >= 11 is 0. The van der Waals surface area contributed by atoms with E-state index >= 15 is 0 Å². The quantitative estimate of drug-likeness (QED) is 0.317. The molecular weight excluding hydrogens is 436 g/mol. The van der Waals surface area contributed by atoms with Crippen LogP contribution in [0.25, 0.3) is 22.2 Å². The largest absolute Gasteiger partial charge is 0.619 e. The van der Waals surface area contributed by atoms with Crippen LogP contribution in [0, 0.1) is 5.21 Å². The van der Waals surface area contributed by atoms with Crippen molar-refractivity contribution in [2.24, 2.45) is 0 Å². The van der Waals surface area contributed by atoms with Crippen LogP contribution in [0.3, 0.4) is 0 Å². The highest BCUT2D eigenvalue weighted by molar-refractivity contribution is 6.27. The van der Waals surface area contributed by atoms with E-state index < -0.39 is 11.7 Å². The minimum Gasteiger partial charge on any atom is -0.619 e. The number of pyridine rings is 1. The van der Waals surface area contributed by atoms with Gasteiger partial charge in [-0.05, 0) is 47.0 Å². The van der Waals surface area contributed by atoms with Crippen LogP contribution >= 0.6 is 0 Å². The van der Waals surface area contributed by atoms with Crippen LogP contribution in [0.2, 0.25) is 0 Å². The van der Waals surface area contributed by atoms with E-state index in [1.807, 2.05) is 26.2 Å². The number of carbonyl (C=O) groups excluding carboxylic acids is 2. The Labute approximate surface area is 198 Å². The summed E-state index contributed by atoms with van der Waals surface area (Å²) in [7, 11) is 3.97. The van der Waals surface area contributed by atoms with E-state index in [2.05, 4.69) is 15.5 Å². The number of alkyl carbamates (subject to hydrolysis) is 1. The van der Waals surface area contributed by atoms with Crippen molar-refractivity contribution in [1.29, 1.82) is 0 Å². The van der Waals surface area contributed by atoms with Gasteiger partial charge in [-0.3, -0.25) is 9.48 Å². The molecule has 0 radical (unpaired) electrons. The molecule has 10 nitrogen and oxygen atoms in total. The molecular formula is C24H30N6O4. The first-order valence-corrected chi connectivity index (χ1v) is 11.2. The topological polar surface area (TPSA) is 115 Å². The van der Waals surface area contributed by atoms with Crippen molar-refractivity contribution < 1.29 is 19.1 Å². The number of amides is 1. The van der Waals surface area contributed by atoms with E-state index in [1.165, 1.54) is 12.4 Å². The van der Waals surface area contributed by atoms with E-state index in [-0.39, 0.29) is 5.78 Å². The molecule has 0 spiro atoms. The Balaban J connectivity index is 1.70. The second-order valence-electron chi connectivity index (χ2n) is 9.57. The van der Waals surface area contributed by atoms with Gasteiger partial charge in [-0.2, -0.15) is 9.83 Å². The highest BCUT2D eigenvalue weighted by Crippen LogP contribution is 2.41. The van der Waals surface area contributed by atoms with Gasteiger partial charge in [-0.1, -0.05) is 0 Å². The van der Waals surface area contributed by atoms with Gasteiger partial charge in [0.1, 0.15) is 11.3 Å². The molecule has 10 heteroatoms. The summed E-state index contributed by atoms with van der Waals surface area (Å²) in [5, 5.41) is 23.6. The van der Waals surface area contributed by atoms with Crippen molar-refractivity contribution >= 4 is 28.5 Å². The molecule has 0 saturated heterocycles. The van der Waals surface area contributed by atoms with E-state index in [9.17, 15) is 14.8 Å².